The minimum Gasteiger partial charge on any atom is -0.393 e. The van der Waals surface area contributed by atoms with Crippen molar-refractivity contribution in [3.8, 4) is 0 Å². The summed E-state index contributed by atoms with van der Waals surface area (Å²) in [7, 11) is 0. The Kier molecular flexibility index (Phi) is 4.12. The minimum atomic E-state index is -0.236. The van der Waals surface area contributed by atoms with Crippen LogP contribution in [0.25, 0.3) is 0 Å². The van der Waals surface area contributed by atoms with Crippen molar-refractivity contribution >= 4 is 0 Å². The summed E-state index contributed by atoms with van der Waals surface area (Å²) in [5.41, 5.74) is 7.89. The van der Waals surface area contributed by atoms with Gasteiger partial charge < -0.3 is 10.8 Å². The number of aliphatic hydroxyl groups is 1. The first kappa shape index (κ1) is 12.5. The van der Waals surface area contributed by atoms with Crippen molar-refractivity contribution in [1.82, 2.24) is 15.0 Å². The van der Waals surface area contributed by atoms with Crippen LogP contribution in [0.15, 0.2) is 0 Å². The smallest absolute Gasteiger partial charge is 0.0997 e. The van der Waals surface area contributed by atoms with Crippen LogP contribution in [0.2, 0.25) is 0 Å². The van der Waals surface area contributed by atoms with Crippen LogP contribution in [0, 0.1) is 0 Å². The fourth-order valence-electron chi connectivity index (χ4n) is 2.33. The number of nitrogens with two attached hydrogens (primary N) is 1. The van der Waals surface area contributed by atoms with Gasteiger partial charge in [-0.25, -0.2) is 4.68 Å². The van der Waals surface area contributed by atoms with E-state index in [1.807, 2.05) is 11.6 Å². The van der Waals surface area contributed by atoms with Crippen LogP contribution in [0.4, 0.5) is 0 Å². The molecule has 1 aliphatic carbocycles. The molecule has 2 rings (SSSR count). The highest BCUT2D eigenvalue weighted by molar-refractivity contribution is 5.17. The molecule has 0 bridgehead atoms. The molecule has 0 radical (unpaired) electrons. The van der Waals surface area contributed by atoms with Crippen molar-refractivity contribution in [1.29, 1.82) is 0 Å². The maximum absolute atomic E-state index is 9.25. The second kappa shape index (κ2) is 5.60. The molecule has 5 heteroatoms. The third kappa shape index (κ3) is 2.84. The third-order valence-electron chi connectivity index (χ3n) is 3.52. The van der Waals surface area contributed by atoms with Crippen LogP contribution in [-0.4, -0.2) is 26.2 Å². The minimum absolute atomic E-state index is 0.236. The van der Waals surface area contributed by atoms with Gasteiger partial charge in [-0.1, -0.05) is 11.6 Å². The fourth-order valence-corrected chi connectivity index (χ4v) is 2.33. The van der Waals surface area contributed by atoms with Gasteiger partial charge in [-0.3, -0.25) is 0 Å². The molecule has 0 amide bonds. The largest absolute Gasteiger partial charge is 0.393 e. The van der Waals surface area contributed by atoms with Gasteiger partial charge >= 0.3 is 0 Å². The second-order valence-electron chi connectivity index (χ2n) is 4.97. The summed E-state index contributed by atoms with van der Waals surface area (Å²) in [5.74, 6) is 0.607. The number of hydrogen-bond acceptors (Lipinski definition) is 4. The lowest BCUT2D eigenvalue weighted by atomic mass is 9.82. The van der Waals surface area contributed by atoms with E-state index in [-0.39, 0.29) is 6.10 Å². The van der Waals surface area contributed by atoms with E-state index in [1.165, 1.54) is 25.0 Å². The Balaban J connectivity index is 2.02. The summed E-state index contributed by atoms with van der Waals surface area (Å²) in [4.78, 5) is 0. The van der Waals surface area contributed by atoms with Crippen molar-refractivity contribution in [3.05, 3.63) is 11.4 Å². The number of aliphatic hydroxyl groups excluding tert-OH is 1. The molecular formula is C12H22N4O. The van der Waals surface area contributed by atoms with Crippen LogP contribution < -0.4 is 5.73 Å². The number of aromatic nitrogens is 3. The van der Waals surface area contributed by atoms with Gasteiger partial charge in [0.15, 0.2) is 0 Å². The predicted octanol–water partition coefficient (Wildman–Crippen LogP) is 1.17. The normalized spacial score (nSPS) is 18.1. The Morgan fingerprint density at radius 2 is 2.29 bits per heavy atom. The second-order valence-corrected chi connectivity index (χ2v) is 4.97. The molecule has 0 aliphatic heterocycles. The molecule has 1 atom stereocenters. The number of aryl methyl sites for hydroxylation is 1. The van der Waals surface area contributed by atoms with E-state index >= 15 is 0 Å². The first-order chi connectivity index (χ1) is 8.22. The summed E-state index contributed by atoms with van der Waals surface area (Å²) >= 11 is 0. The number of hydrogen-bond donors (Lipinski definition) is 2. The molecule has 1 aromatic heterocycles. The molecule has 17 heavy (non-hydrogen) atoms. The summed E-state index contributed by atoms with van der Waals surface area (Å²) in [5, 5.41) is 17.6. The van der Waals surface area contributed by atoms with Crippen LogP contribution in [0.3, 0.4) is 0 Å². The Labute approximate surface area is 102 Å². The van der Waals surface area contributed by atoms with E-state index in [0.717, 1.165) is 25.1 Å². The molecule has 1 saturated carbocycles. The zero-order valence-corrected chi connectivity index (χ0v) is 10.5. The molecular weight excluding hydrogens is 216 g/mol. The molecule has 1 unspecified atom stereocenters. The van der Waals surface area contributed by atoms with E-state index in [9.17, 15) is 5.11 Å². The molecule has 96 valence electrons. The van der Waals surface area contributed by atoms with Crippen molar-refractivity contribution in [2.45, 2.75) is 64.1 Å². The Morgan fingerprint density at radius 3 is 2.82 bits per heavy atom. The van der Waals surface area contributed by atoms with Gasteiger partial charge in [0.1, 0.15) is 0 Å². The maximum Gasteiger partial charge on any atom is 0.0997 e. The fraction of sp³-hybridized carbons (Fsp3) is 0.833. The monoisotopic (exact) mass is 238 g/mol. The van der Waals surface area contributed by atoms with Crippen molar-refractivity contribution in [2.75, 3.05) is 0 Å². The van der Waals surface area contributed by atoms with Crippen molar-refractivity contribution in [3.63, 3.8) is 0 Å². The van der Waals surface area contributed by atoms with E-state index in [0.29, 0.717) is 12.5 Å². The lowest BCUT2D eigenvalue weighted by molar-refractivity contribution is 0.178. The lowest BCUT2D eigenvalue weighted by Crippen LogP contribution is -2.18. The molecule has 1 aliphatic rings. The molecule has 0 saturated heterocycles. The molecule has 3 N–H and O–H groups in total. The van der Waals surface area contributed by atoms with Gasteiger partial charge in [0, 0.05) is 19.0 Å². The molecule has 5 nitrogen and oxygen atoms in total. The zero-order chi connectivity index (χ0) is 12.3. The summed E-state index contributed by atoms with van der Waals surface area (Å²) in [6.45, 7) is 3.13. The predicted molar refractivity (Wildman–Crippen MR) is 65.4 cm³/mol. The molecule has 0 spiro atoms. The summed E-state index contributed by atoms with van der Waals surface area (Å²) in [6.07, 6.45) is 5.27. The zero-order valence-electron chi connectivity index (χ0n) is 10.5. The standard InChI is InChI=1S/C12H22N4O/c1-9(17)4-3-7-16-12(10-5-2-6-10)11(8-13)14-15-16/h9-10,17H,2-8,13H2,1H3. The van der Waals surface area contributed by atoms with E-state index in [1.54, 1.807) is 0 Å². The quantitative estimate of drug-likeness (QED) is 0.779. The highest BCUT2D eigenvalue weighted by Gasteiger charge is 2.26. The highest BCUT2D eigenvalue weighted by atomic mass is 16.3. The number of rotatable bonds is 6. The number of nitrogens with zero attached hydrogens (tertiary/aromatic N) is 3. The average molecular weight is 238 g/mol. The SMILES string of the molecule is CC(O)CCCn1nnc(CN)c1C1CCC1. The molecule has 1 fully saturated rings. The molecule has 1 aromatic rings. The third-order valence-corrected chi connectivity index (χ3v) is 3.52. The van der Waals surface area contributed by atoms with Crippen LogP contribution in [-0.2, 0) is 13.1 Å². The molecule has 0 aromatic carbocycles. The van der Waals surface area contributed by atoms with Crippen molar-refractivity contribution in [2.24, 2.45) is 5.73 Å². The van der Waals surface area contributed by atoms with Crippen LogP contribution >= 0.6 is 0 Å². The summed E-state index contributed by atoms with van der Waals surface area (Å²) < 4.78 is 1.99. The topological polar surface area (TPSA) is 77.0 Å². The van der Waals surface area contributed by atoms with Gasteiger partial charge in [-0.2, -0.15) is 0 Å². The van der Waals surface area contributed by atoms with Gasteiger partial charge in [0.05, 0.1) is 17.5 Å². The van der Waals surface area contributed by atoms with Crippen LogP contribution in [0.5, 0.6) is 0 Å². The Morgan fingerprint density at radius 1 is 1.53 bits per heavy atom. The Hall–Kier alpha value is -0.940. The van der Waals surface area contributed by atoms with E-state index in [2.05, 4.69) is 10.3 Å². The first-order valence-electron chi connectivity index (χ1n) is 6.52. The van der Waals surface area contributed by atoms with Crippen LogP contribution in [0.1, 0.15) is 56.3 Å². The van der Waals surface area contributed by atoms with Gasteiger partial charge in [0.25, 0.3) is 0 Å². The van der Waals surface area contributed by atoms with Crippen molar-refractivity contribution < 1.29 is 5.11 Å². The lowest BCUT2D eigenvalue weighted by Gasteiger charge is -2.26. The average Bonchev–Trinajstić information content (AvgIpc) is 2.59. The maximum atomic E-state index is 9.25. The van der Waals surface area contributed by atoms with Gasteiger partial charge in [0.2, 0.25) is 0 Å². The van der Waals surface area contributed by atoms with E-state index < -0.39 is 0 Å². The highest BCUT2D eigenvalue weighted by Crippen LogP contribution is 2.37. The summed E-state index contributed by atoms with van der Waals surface area (Å²) in [6, 6.07) is 0. The first-order valence-corrected chi connectivity index (χ1v) is 6.52. The molecule has 1 heterocycles. The van der Waals surface area contributed by atoms with Gasteiger partial charge in [-0.15, -0.1) is 5.10 Å². The van der Waals surface area contributed by atoms with Gasteiger partial charge in [-0.05, 0) is 32.6 Å². The van der Waals surface area contributed by atoms with E-state index in [4.69, 9.17) is 5.73 Å². The Bertz CT molecular complexity index is 357.